The lowest BCUT2D eigenvalue weighted by molar-refractivity contribution is 0.552. The first kappa shape index (κ1) is 27.8. The average molecular weight is 865 g/mol. The molecule has 11 rings (SSSR count). The zero-order valence-corrected chi connectivity index (χ0v) is 39.0. The molecule has 7 aromatic carbocycles. The number of para-hydroxylation sites is 3. The first-order valence-corrected chi connectivity index (χ1v) is 22.2. The van der Waals surface area contributed by atoms with Crippen molar-refractivity contribution in [2.24, 2.45) is 0 Å². The number of fused-ring (bicyclic) bond motifs is 9. The summed E-state index contributed by atoms with van der Waals surface area (Å²) in [4.78, 5) is 2.94. The fourth-order valence-electron chi connectivity index (χ4n) is 9.83. The minimum atomic E-state index is -1.02. The minimum absolute atomic E-state index is 0.116. The molecule has 2 aliphatic heterocycles. The van der Waals surface area contributed by atoms with Crippen LogP contribution in [0.4, 0.5) is 28.6 Å². The summed E-state index contributed by atoms with van der Waals surface area (Å²) in [6.45, 7) is 24.4. The molecule has 4 nitrogen and oxygen atoms in total. The monoisotopic (exact) mass is 865 g/mol. The highest BCUT2D eigenvalue weighted by Gasteiger charge is 2.48. The fraction of sp³-hybridized carbons (Fsp3) is 0.267. The molecule has 324 valence electrons. The summed E-state index contributed by atoms with van der Waals surface area (Å²) in [6, 6.07) is 8.61. The second-order valence-corrected chi connectivity index (χ2v) is 21.6. The van der Waals surface area contributed by atoms with Gasteiger partial charge in [-0.25, -0.2) is 0 Å². The van der Waals surface area contributed by atoms with Crippen LogP contribution in [0.15, 0.2) is 150 Å². The Labute approximate surface area is 406 Å². The summed E-state index contributed by atoms with van der Waals surface area (Å²) in [5.41, 5.74) is 6.36. The van der Waals surface area contributed by atoms with Gasteiger partial charge in [-0.05, 0) is 121 Å². The molecule has 5 heteroatoms. The third kappa shape index (κ3) is 6.32. The molecule has 65 heavy (non-hydrogen) atoms. The predicted molar refractivity (Wildman–Crippen MR) is 279 cm³/mol. The van der Waals surface area contributed by atoms with Gasteiger partial charge in [-0.3, -0.25) is 0 Å². The van der Waals surface area contributed by atoms with Crippen LogP contribution in [0.2, 0.25) is 0 Å². The van der Waals surface area contributed by atoms with Crippen molar-refractivity contribution in [3.05, 3.63) is 167 Å². The van der Waals surface area contributed by atoms with E-state index in [0.29, 0.717) is 44.1 Å². The molecule has 0 aliphatic carbocycles. The maximum absolute atomic E-state index is 9.74. The molecule has 0 saturated carbocycles. The number of furan rings is 1. The molecular formula is C60H60BN3O. The van der Waals surface area contributed by atoms with Gasteiger partial charge in [0.1, 0.15) is 5.58 Å². The summed E-state index contributed by atoms with van der Waals surface area (Å²) in [5, 5.41) is 1.81. The average Bonchev–Trinajstić information content (AvgIpc) is 4.00. The number of aromatic nitrogens is 1. The quantitative estimate of drug-likeness (QED) is 0.165. The molecule has 0 radical (unpaired) electrons. The first-order valence-electron chi connectivity index (χ1n) is 29.7. The lowest BCUT2D eigenvalue weighted by atomic mass is 9.44. The minimum Gasteiger partial charge on any atom is -0.440 e. The van der Waals surface area contributed by atoms with Crippen molar-refractivity contribution in [1.29, 1.82) is 0 Å². The number of nitrogens with zero attached hydrogens (tertiary/aromatic N) is 3. The Balaban J connectivity index is 1.42. The van der Waals surface area contributed by atoms with E-state index in [2.05, 4.69) is 112 Å². The van der Waals surface area contributed by atoms with E-state index < -0.39 is 125 Å². The second kappa shape index (κ2) is 14.0. The third-order valence-corrected chi connectivity index (χ3v) is 13.2. The van der Waals surface area contributed by atoms with Crippen molar-refractivity contribution in [1.82, 2.24) is 4.57 Å². The molecule has 4 heterocycles. The van der Waals surface area contributed by atoms with Gasteiger partial charge in [-0.15, -0.1) is 0 Å². The first-order chi connectivity index (χ1) is 37.0. The number of anilines is 5. The number of hydrogen-bond donors (Lipinski definition) is 0. The topological polar surface area (TPSA) is 24.6 Å². The van der Waals surface area contributed by atoms with Crippen LogP contribution >= 0.6 is 0 Å². The van der Waals surface area contributed by atoms with E-state index in [1.165, 1.54) is 4.90 Å². The van der Waals surface area contributed by atoms with Crippen molar-refractivity contribution in [3.63, 3.8) is 0 Å². The van der Waals surface area contributed by atoms with Crippen molar-refractivity contribution in [2.75, 3.05) is 9.71 Å². The van der Waals surface area contributed by atoms with E-state index in [-0.39, 0.29) is 22.7 Å². The van der Waals surface area contributed by atoms with Crippen molar-refractivity contribution >= 4 is 79.2 Å². The Hall–Kier alpha value is -6.46. The second-order valence-electron chi connectivity index (χ2n) is 21.6. The Morgan fingerprint density at radius 3 is 1.72 bits per heavy atom. The molecule has 0 spiro atoms. The lowest BCUT2D eigenvalue weighted by Crippen LogP contribution is -2.60. The molecule has 0 unspecified atom stereocenters. The van der Waals surface area contributed by atoms with Gasteiger partial charge in [0.25, 0.3) is 0 Å². The highest BCUT2D eigenvalue weighted by Crippen LogP contribution is 2.53. The highest BCUT2D eigenvalue weighted by atomic mass is 16.4. The fourth-order valence-corrected chi connectivity index (χ4v) is 9.83. The largest absolute Gasteiger partial charge is 0.440 e. The van der Waals surface area contributed by atoms with Gasteiger partial charge >= 0.3 is 6.85 Å². The van der Waals surface area contributed by atoms with Crippen LogP contribution < -0.4 is 20.6 Å². The lowest BCUT2D eigenvalue weighted by Gasteiger charge is -2.41. The van der Waals surface area contributed by atoms with Gasteiger partial charge in [0.05, 0.1) is 42.8 Å². The molecule has 0 atom stereocenters. The van der Waals surface area contributed by atoms with E-state index in [9.17, 15) is 8.22 Å². The van der Waals surface area contributed by atoms with Crippen LogP contribution in [0.1, 0.15) is 126 Å². The Morgan fingerprint density at radius 1 is 0.569 bits per heavy atom. The molecule has 0 bridgehead atoms. The van der Waals surface area contributed by atoms with Gasteiger partial charge < -0.3 is 18.7 Å². The maximum atomic E-state index is 9.74. The van der Waals surface area contributed by atoms with Crippen LogP contribution in [-0.4, -0.2) is 11.4 Å². The number of hydrogen-bond acceptors (Lipinski definition) is 3. The van der Waals surface area contributed by atoms with E-state index >= 15 is 0 Å². The summed E-state index contributed by atoms with van der Waals surface area (Å²) in [7, 11) is 0. The molecule has 0 saturated heterocycles. The number of rotatable bonds is 4. The van der Waals surface area contributed by atoms with E-state index in [4.69, 9.17) is 16.8 Å². The molecule has 9 aromatic rings. The predicted octanol–water partition coefficient (Wildman–Crippen LogP) is 15.4. The Bertz CT molecular complexity index is 4110. The van der Waals surface area contributed by atoms with E-state index in [1.807, 2.05) is 18.2 Å². The van der Waals surface area contributed by atoms with Gasteiger partial charge in [0, 0.05) is 44.5 Å². The summed E-state index contributed by atoms with van der Waals surface area (Å²) >= 11 is 0. The molecule has 2 aromatic heterocycles. The zero-order chi connectivity index (χ0) is 58.6. The molecule has 0 amide bonds. The van der Waals surface area contributed by atoms with Gasteiger partial charge in [-0.2, -0.15) is 0 Å². The van der Waals surface area contributed by atoms with E-state index in [1.54, 1.807) is 16.9 Å². The molecular weight excluding hydrogens is 789 g/mol. The SMILES string of the molecule is [2H]c1c([2H])c([2H])c(N2B3c4c(cc(C(C)(C)C)cc4-n4c5ccc(C(C)(C)C)cc5c5c(N(c6c([2H])c([2H])c([2H])c([2H])c6[2H])c6c([2H])c([2H])c([2H])c([2H])c6[2H])ccc3c54)-c3c2oc2c(C(C)(C)C)cc(C(C)(C)C)cc32)c([2H])c1[2H]. The molecule has 2 aliphatic rings. The Morgan fingerprint density at radius 2 is 1.14 bits per heavy atom. The normalized spacial score (nSPS) is 17.0. The zero-order valence-electron chi connectivity index (χ0n) is 54.0. The van der Waals surface area contributed by atoms with Crippen molar-refractivity contribution < 1.29 is 25.0 Å². The van der Waals surface area contributed by atoms with Gasteiger partial charge in [-0.1, -0.05) is 162 Å². The standard InChI is InChI=1S/C60H60BN3O/c1-57(2,3)37-28-30-48-43(32-37)52-49(62(40-22-16-13-17-23-40)41-24-18-14-19-25-41)31-29-47-54(52)63(48)50-36-39(59(7,8)9)33-44-51-45-34-38(58(4,5)6)35-46(60(10,11)12)55(45)65-56(51)64(61(47)53(44)50)42-26-20-15-21-27-42/h13-36H,1-12H3/i13D,14D,15D,16D,17D,18D,19D,20D,21D,22D,23D,24D,25D,26D,27D. The summed E-state index contributed by atoms with van der Waals surface area (Å²) in [5.74, 6) is 0.251. The molecule has 0 fully saturated rings. The van der Waals surface area contributed by atoms with Crippen LogP contribution in [-0.2, 0) is 21.7 Å². The van der Waals surface area contributed by atoms with Crippen molar-refractivity contribution in [2.45, 2.75) is 105 Å². The summed E-state index contributed by atoms with van der Waals surface area (Å²) in [6.07, 6.45) is 0. The molecule has 0 N–H and O–H groups in total. The van der Waals surface area contributed by atoms with Crippen LogP contribution in [0.5, 0.6) is 0 Å². The van der Waals surface area contributed by atoms with Gasteiger partial charge in [0.15, 0.2) is 5.88 Å². The highest BCUT2D eigenvalue weighted by molar-refractivity contribution is 6.93. The van der Waals surface area contributed by atoms with Gasteiger partial charge in [0.2, 0.25) is 0 Å². The summed E-state index contributed by atoms with van der Waals surface area (Å²) < 4.78 is 147. The third-order valence-electron chi connectivity index (χ3n) is 13.2. The Kier molecular flexibility index (Phi) is 5.99. The van der Waals surface area contributed by atoms with E-state index in [0.717, 1.165) is 38.7 Å². The van der Waals surface area contributed by atoms with Crippen molar-refractivity contribution in [3.8, 4) is 16.8 Å². The smallest absolute Gasteiger partial charge is 0.336 e. The van der Waals surface area contributed by atoms with Crippen LogP contribution in [0.25, 0.3) is 49.6 Å². The number of benzene rings is 7. The maximum Gasteiger partial charge on any atom is 0.336 e. The van der Waals surface area contributed by atoms with Crippen LogP contribution in [0.3, 0.4) is 0 Å². The van der Waals surface area contributed by atoms with Crippen LogP contribution in [0, 0.1) is 0 Å².